The van der Waals surface area contributed by atoms with Gasteiger partial charge in [0.1, 0.15) is 0 Å². The summed E-state index contributed by atoms with van der Waals surface area (Å²) in [6.07, 6.45) is 9.94. The van der Waals surface area contributed by atoms with Crippen molar-refractivity contribution in [3.05, 3.63) is 0 Å². The molecule has 0 radical (unpaired) electrons. The van der Waals surface area contributed by atoms with E-state index in [9.17, 15) is 0 Å². The van der Waals surface area contributed by atoms with Crippen LogP contribution >= 0.6 is 12.6 Å². The van der Waals surface area contributed by atoms with E-state index in [4.69, 9.17) is 0 Å². The van der Waals surface area contributed by atoms with Gasteiger partial charge in [-0.3, -0.25) is 4.90 Å². The van der Waals surface area contributed by atoms with Crippen molar-refractivity contribution in [3.63, 3.8) is 0 Å². The van der Waals surface area contributed by atoms with Crippen LogP contribution in [0, 0.1) is 5.41 Å². The highest BCUT2D eigenvalue weighted by molar-refractivity contribution is 7.80. The fourth-order valence-electron chi connectivity index (χ4n) is 4.39. The fourth-order valence-corrected chi connectivity index (χ4v) is 4.81. The van der Waals surface area contributed by atoms with Gasteiger partial charge in [-0.15, -0.1) is 0 Å². The Hall–Kier alpha value is 0.270. The lowest BCUT2D eigenvalue weighted by Gasteiger charge is -2.35. The Balaban J connectivity index is 1.61. The molecule has 2 heterocycles. The summed E-state index contributed by atoms with van der Waals surface area (Å²) in [5.41, 5.74) is 0.552. The molecule has 1 unspecified atom stereocenters. The van der Waals surface area contributed by atoms with Crippen molar-refractivity contribution in [3.8, 4) is 0 Å². The van der Waals surface area contributed by atoms with Crippen LogP contribution in [0.2, 0.25) is 0 Å². The molecule has 1 saturated carbocycles. The van der Waals surface area contributed by atoms with Crippen molar-refractivity contribution in [1.29, 1.82) is 0 Å². The predicted octanol–water partition coefficient (Wildman–Crippen LogP) is 2.65. The van der Waals surface area contributed by atoms with Crippen LogP contribution in [0.15, 0.2) is 0 Å². The Morgan fingerprint density at radius 1 is 1.00 bits per heavy atom. The minimum absolute atomic E-state index is 0.552. The lowest BCUT2D eigenvalue weighted by molar-refractivity contribution is 0.156. The van der Waals surface area contributed by atoms with Crippen molar-refractivity contribution < 1.29 is 0 Å². The van der Waals surface area contributed by atoms with E-state index in [0.29, 0.717) is 5.41 Å². The zero-order valence-electron chi connectivity index (χ0n) is 11.6. The predicted molar refractivity (Wildman–Crippen MR) is 80.4 cm³/mol. The van der Waals surface area contributed by atoms with Gasteiger partial charge in [0.2, 0.25) is 0 Å². The summed E-state index contributed by atoms with van der Waals surface area (Å²) in [6.45, 7) is 6.67. The first-order chi connectivity index (χ1) is 8.81. The quantitative estimate of drug-likeness (QED) is 0.786. The molecule has 3 aliphatic rings. The molecule has 18 heavy (non-hydrogen) atoms. The second kappa shape index (κ2) is 5.72. The molecule has 0 spiro atoms. The lowest BCUT2D eigenvalue weighted by atomic mass is 9.87. The van der Waals surface area contributed by atoms with Crippen LogP contribution in [-0.4, -0.2) is 54.3 Å². The van der Waals surface area contributed by atoms with Gasteiger partial charge in [0.15, 0.2) is 0 Å². The molecule has 0 aromatic carbocycles. The normalized spacial score (nSPS) is 33.5. The Morgan fingerprint density at radius 2 is 1.78 bits per heavy atom. The van der Waals surface area contributed by atoms with Crippen LogP contribution in [0.1, 0.15) is 44.9 Å². The smallest absolute Gasteiger partial charge is 0.0223 e. The standard InChI is InChI=1S/C15H28N2S/c18-13-15(6-1-2-7-15)12-16-8-4-10-17-9-3-5-14(17)11-16/h14,18H,1-13H2. The van der Waals surface area contributed by atoms with Crippen molar-refractivity contribution in [2.24, 2.45) is 5.41 Å². The minimum atomic E-state index is 0.552. The Kier molecular flexibility index (Phi) is 4.21. The molecular weight excluding hydrogens is 240 g/mol. The van der Waals surface area contributed by atoms with E-state index in [-0.39, 0.29) is 0 Å². The molecule has 2 nitrogen and oxygen atoms in total. The van der Waals surface area contributed by atoms with Crippen LogP contribution in [0.5, 0.6) is 0 Å². The zero-order chi connectivity index (χ0) is 12.4. The van der Waals surface area contributed by atoms with Crippen LogP contribution < -0.4 is 0 Å². The van der Waals surface area contributed by atoms with Crippen LogP contribution in [0.4, 0.5) is 0 Å². The molecule has 3 heteroatoms. The molecule has 3 fully saturated rings. The monoisotopic (exact) mass is 268 g/mol. The molecule has 3 rings (SSSR count). The van der Waals surface area contributed by atoms with E-state index in [2.05, 4.69) is 22.4 Å². The summed E-state index contributed by atoms with van der Waals surface area (Å²) in [5.74, 6) is 1.10. The lowest BCUT2D eigenvalue weighted by Crippen LogP contribution is -2.42. The zero-order valence-corrected chi connectivity index (χ0v) is 12.5. The Labute approximate surface area is 118 Å². The molecule has 1 aliphatic carbocycles. The van der Waals surface area contributed by atoms with E-state index in [1.807, 2.05) is 0 Å². The number of fused-ring (bicyclic) bond motifs is 1. The highest BCUT2D eigenvalue weighted by atomic mass is 32.1. The number of nitrogens with zero attached hydrogens (tertiary/aromatic N) is 2. The Bertz CT molecular complexity index is 276. The topological polar surface area (TPSA) is 6.48 Å². The fraction of sp³-hybridized carbons (Fsp3) is 1.00. The summed E-state index contributed by atoms with van der Waals surface area (Å²) in [6, 6.07) is 0.867. The van der Waals surface area contributed by atoms with Crippen LogP contribution in [-0.2, 0) is 0 Å². The molecule has 0 bridgehead atoms. The molecule has 0 aromatic heterocycles. The summed E-state index contributed by atoms with van der Waals surface area (Å²) < 4.78 is 0. The van der Waals surface area contributed by atoms with E-state index in [0.717, 1.165) is 11.8 Å². The first kappa shape index (κ1) is 13.3. The largest absolute Gasteiger partial charge is 0.301 e. The van der Waals surface area contributed by atoms with Crippen molar-refractivity contribution in [2.45, 2.75) is 51.0 Å². The Morgan fingerprint density at radius 3 is 2.56 bits per heavy atom. The van der Waals surface area contributed by atoms with Gasteiger partial charge in [0, 0.05) is 19.1 Å². The summed E-state index contributed by atoms with van der Waals surface area (Å²) >= 11 is 4.67. The van der Waals surface area contributed by atoms with Crippen molar-refractivity contribution in [1.82, 2.24) is 9.80 Å². The third kappa shape index (κ3) is 2.73. The van der Waals surface area contributed by atoms with Gasteiger partial charge in [-0.1, -0.05) is 12.8 Å². The van der Waals surface area contributed by atoms with E-state index in [1.165, 1.54) is 77.7 Å². The van der Waals surface area contributed by atoms with Gasteiger partial charge in [-0.05, 0) is 62.9 Å². The molecule has 104 valence electrons. The van der Waals surface area contributed by atoms with E-state index < -0.39 is 0 Å². The number of hydrogen-bond acceptors (Lipinski definition) is 3. The molecule has 2 aliphatic heterocycles. The van der Waals surface area contributed by atoms with Gasteiger partial charge >= 0.3 is 0 Å². The third-order valence-electron chi connectivity index (χ3n) is 5.45. The molecule has 0 N–H and O–H groups in total. The van der Waals surface area contributed by atoms with Crippen LogP contribution in [0.3, 0.4) is 0 Å². The number of thiol groups is 1. The van der Waals surface area contributed by atoms with Crippen molar-refractivity contribution in [2.75, 3.05) is 38.5 Å². The van der Waals surface area contributed by atoms with Gasteiger partial charge in [-0.2, -0.15) is 12.6 Å². The summed E-state index contributed by atoms with van der Waals surface area (Å²) in [7, 11) is 0. The molecule has 0 aromatic rings. The maximum absolute atomic E-state index is 4.67. The molecule has 1 atom stereocenters. The second-order valence-corrected chi connectivity index (χ2v) is 7.10. The second-order valence-electron chi connectivity index (χ2n) is 6.79. The minimum Gasteiger partial charge on any atom is -0.301 e. The van der Waals surface area contributed by atoms with Gasteiger partial charge in [-0.25, -0.2) is 0 Å². The van der Waals surface area contributed by atoms with E-state index >= 15 is 0 Å². The average molecular weight is 268 g/mol. The average Bonchev–Trinajstić information content (AvgIpc) is 2.97. The SMILES string of the molecule is SCC1(CN2CCCN3CCCC3C2)CCCC1. The van der Waals surface area contributed by atoms with E-state index in [1.54, 1.807) is 0 Å². The van der Waals surface area contributed by atoms with Gasteiger partial charge in [0.05, 0.1) is 0 Å². The third-order valence-corrected chi connectivity index (χ3v) is 6.12. The molecule has 2 saturated heterocycles. The highest BCUT2D eigenvalue weighted by Gasteiger charge is 2.36. The van der Waals surface area contributed by atoms with Crippen molar-refractivity contribution >= 4 is 12.6 Å². The van der Waals surface area contributed by atoms with Gasteiger partial charge in [0.25, 0.3) is 0 Å². The number of rotatable bonds is 3. The van der Waals surface area contributed by atoms with Gasteiger partial charge < -0.3 is 4.90 Å². The summed E-state index contributed by atoms with van der Waals surface area (Å²) in [5, 5.41) is 0. The molecule has 0 amide bonds. The summed E-state index contributed by atoms with van der Waals surface area (Å²) in [4.78, 5) is 5.51. The maximum atomic E-state index is 4.67. The highest BCUT2D eigenvalue weighted by Crippen LogP contribution is 2.40. The number of hydrogen-bond donors (Lipinski definition) is 1. The van der Waals surface area contributed by atoms with Crippen LogP contribution in [0.25, 0.3) is 0 Å². The first-order valence-electron chi connectivity index (χ1n) is 7.89. The first-order valence-corrected chi connectivity index (χ1v) is 8.52. The molecular formula is C15H28N2S. The maximum Gasteiger partial charge on any atom is 0.0223 e.